The summed E-state index contributed by atoms with van der Waals surface area (Å²) in [6, 6.07) is 0. The Kier molecular flexibility index (Phi) is 71.0. The maximum absolute atomic E-state index is 13.0. The highest BCUT2D eigenvalue weighted by atomic mass is 16.6. The third-order valence-electron chi connectivity index (χ3n) is 17.8. The lowest BCUT2D eigenvalue weighted by molar-refractivity contribution is -0.167. The van der Waals surface area contributed by atoms with Crippen molar-refractivity contribution >= 4 is 17.9 Å². The molecule has 0 rings (SSSR count). The van der Waals surface area contributed by atoms with Crippen LogP contribution in [0.2, 0.25) is 0 Å². The minimum Gasteiger partial charge on any atom is -0.462 e. The first-order valence-electron chi connectivity index (χ1n) is 38.2. The van der Waals surface area contributed by atoms with Gasteiger partial charge in [-0.15, -0.1) is 0 Å². The molecule has 0 aliphatic rings. The van der Waals surface area contributed by atoms with Crippen molar-refractivity contribution in [3.8, 4) is 0 Å². The smallest absolute Gasteiger partial charge is 0.306 e. The van der Waals surface area contributed by atoms with Gasteiger partial charge in [-0.1, -0.05) is 392 Å². The first-order valence-corrected chi connectivity index (χ1v) is 38.2. The second kappa shape index (κ2) is 72.6. The minimum absolute atomic E-state index is 0.0614. The molecule has 1 unspecified atom stereocenters. The molecule has 0 aliphatic carbocycles. The molecule has 0 radical (unpaired) electrons. The number of carbonyl (C=O) groups excluding carboxylic acids is 3. The van der Waals surface area contributed by atoms with E-state index in [4.69, 9.17) is 14.2 Å². The summed E-state index contributed by atoms with van der Waals surface area (Å²) in [5, 5.41) is 0. The van der Waals surface area contributed by atoms with E-state index in [1.165, 1.54) is 347 Å². The van der Waals surface area contributed by atoms with Gasteiger partial charge >= 0.3 is 17.9 Å². The van der Waals surface area contributed by atoms with Crippen LogP contribution in [-0.4, -0.2) is 37.2 Å². The van der Waals surface area contributed by atoms with Gasteiger partial charge in [-0.3, -0.25) is 14.4 Å². The molecule has 0 N–H and O–H groups in total. The van der Waals surface area contributed by atoms with Gasteiger partial charge in [0.1, 0.15) is 13.2 Å². The number of hydrogen-bond acceptors (Lipinski definition) is 6. The first kappa shape index (κ1) is 81.2. The van der Waals surface area contributed by atoms with Crippen molar-refractivity contribution in [2.24, 2.45) is 0 Å². The van der Waals surface area contributed by atoms with E-state index in [0.29, 0.717) is 19.3 Å². The Morgan fingerprint density at radius 3 is 0.602 bits per heavy atom. The van der Waals surface area contributed by atoms with Crippen LogP contribution in [0.25, 0.3) is 0 Å². The molecule has 0 saturated heterocycles. The van der Waals surface area contributed by atoms with Crippen LogP contribution < -0.4 is 0 Å². The second-order valence-electron chi connectivity index (χ2n) is 26.3. The summed E-state index contributed by atoms with van der Waals surface area (Å²) in [7, 11) is 0. The molecule has 1 atom stereocenters. The lowest BCUT2D eigenvalue weighted by Crippen LogP contribution is -2.30. The van der Waals surface area contributed by atoms with Crippen LogP contribution in [0.1, 0.15) is 445 Å². The fourth-order valence-electron chi connectivity index (χ4n) is 12.0. The lowest BCUT2D eigenvalue weighted by Gasteiger charge is -2.18. The topological polar surface area (TPSA) is 78.9 Å². The van der Waals surface area contributed by atoms with Crippen molar-refractivity contribution in [1.82, 2.24) is 0 Å². The average Bonchev–Trinajstić information content (AvgIpc) is 3.49. The van der Waals surface area contributed by atoms with Crippen LogP contribution in [0, 0.1) is 0 Å². The van der Waals surface area contributed by atoms with Crippen molar-refractivity contribution in [2.75, 3.05) is 13.2 Å². The van der Waals surface area contributed by atoms with E-state index in [0.717, 1.165) is 57.8 Å². The Hall–Kier alpha value is -1.85. The van der Waals surface area contributed by atoms with Gasteiger partial charge in [0.15, 0.2) is 6.10 Å². The van der Waals surface area contributed by atoms with Gasteiger partial charge in [-0.25, -0.2) is 0 Å². The Balaban J connectivity index is 4.15. The zero-order valence-electron chi connectivity index (χ0n) is 56.8. The van der Waals surface area contributed by atoms with Crippen LogP contribution in [0.3, 0.4) is 0 Å². The summed E-state index contributed by atoms with van der Waals surface area (Å²) in [5.41, 5.74) is 0. The van der Waals surface area contributed by atoms with Crippen molar-refractivity contribution < 1.29 is 28.6 Å². The molecular weight excluding hydrogens is 1020 g/mol. The van der Waals surface area contributed by atoms with Gasteiger partial charge < -0.3 is 14.2 Å². The highest BCUT2D eigenvalue weighted by molar-refractivity contribution is 5.71. The van der Waals surface area contributed by atoms with E-state index in [1.807, 2.05) is 0 Å². The van der Waals surface area contributed by atoms with E-state index >= 15 is 0 Å². The summed E-state index contributed by atoms with van der Waals surface area (Å²) in [6.45, 7) is 6.74. The number of hydrogen-bond donors (Lipinski definition) is 0. The molecule has 0 spiro atoms. The maximum atomic E-state index is 13.0. The van der Waals surface area contributed by atoms with Crippen LogP contribution in [0.15, 0.2) is 12.2 Å². The summed E-state index contributed by atoms with van der Waals surface area (Å²) in [4.78, 5) is 38.5. The molecule has 0 bridgehead atoms. The summed E-state index contributed by atoms with van der Waals surface area (Å²) in [5.74, 6) is -0.819. The number of allylic oxidation sites excluding steroid dienone is 2. The molecule has 0 aromatic carbocycles. The zero-order chi connectivity index (χ0) is 59.9. The third-order valence-corrected chi connectivity index (χ3v) is 17.8. The largest absolute Gasteiger partial charge is 0.462 e. The Morgan fingerprint density at radius 2 is 0.398 bits per heavy atom. The normalized spacial score (nSPS) is 12.0. The van der Waals surface area contributed by atoms with E-state index in [2.05, 4.69) is 32.9 Å². The Morgan fingerprint density at radius 1 is 0.229 bits per heavy atom. The van der Waals surface area contributed by atoms with E-state index < -0.39 is 6.10 Å². The standard InChI is InChI=1S/C77H148O6/c1-4-7-10-13-16-19-22-25-28-31-33-34-35-36-37-38-39-40-41-42-43-44-45-47-49-52-55-58-61-64-67-70-76(79)82-73-74(72-81-75(78)69-66-63-60-57-54-51-48-30-27-24-21-18-15-12-9-6-3)83-77(80)71-68-65-62-59-56-53-50-46-32-29-26-23-20-17-14-11-8-5-2/h31,33,74H,4-30,32,34-73H2,1-3H3/b33-31-. The second-order valence-corrected chi connectivity index (χ2v) is 26.3. The maximum Gasteiger partial charge on any atom is 0.306 e. The molecule has 0 fully saturated rings. The van der Waals surface area contributed by atoms with Gasteiger partial charge in [-0.05, 0) is 44.9 Å². The van der Waals surface area contributed by atoms with E-state index in [1.54, 1.807) is 0 Å². The minimum atomic E-state index is -0.765. The molecule has 6 heteroatoms. The molecule has 0 amide bonds. The lowest BCUT2D eigenvalue weighted by atomic mass is 10.0. The predicted octanol–water partition coefficient (Wildman–Crippen LogP) is 26.3. The van der Waals surface area contributed by atoms with Gasteiger partial charge in [0.05, 0.1) is 0 Å². The molecule has 0 aromatic heterocycles. The predicted molar refractivity (Wildman–Crippen MR) is 363 cm³/mol. The molecule has 0 heterocycles. The Bertz CT molecular complexity index is 1300. The Labute approximate surface area is 520 Å². The van der Waals surface area contributed by atoms with Gasteiger partial charge in [0, 0.05) is 19.3 Å². The molecule has 83 heavy (non-hydrogen) atoms. The monoisotopic (exact) mass is 1170 g/mol. The van der Waals surface area contributed by atoms with Crippen LogP contribution in [-0.2, 0) is 28.6 Å². The van der Waals surface area contributed by atoms with E-state index in [-0.39, 0.29) is 31.1 Å². The zero-order valence-corrected chi connectivity index (χ0v) is 56.8. The van der Waals surface area contributed by atoms with Crippen LogP contribution in [0.5, 0.6) is 0 Å². The highest BCUT2D eigenvalue weighted by Crippen LogP contribution is 2.20. The third kappa shape index (κ3) is 70.8. The summed E-state index contributed by atoms with van der Waals surface area (Å²) < 4.78 is 17.0. The highest BCUT2D eigenvalue weighted by Gasteiger charge is 2.20. The number of rotatable bonds is 72. The number of ether oxygens (including phenoxy) is 3. The molecular formula is C77H148O6. The van der Waals surface area contributed by atoms with Gasteiger partial charge in [-0.2, -0.15) is 0 Å². The number of esters is 3. The van der Waals surface area contributed by atoms with E-state index in [9.17, 15) is 14.4 Å². The number of unbranched alkanes of at least 4 members (excludes halogenated alkanes) is 59. The molecule has 6 nitrogen and oxygen atoms in total. The van der Waals surface area contributed by atoms with Crippen molar-refractivity contribution in [3.63, 3.8) is 0 Å². The van der Waals surface area contributed by atoms with Gasteiger partial charge in [0.25, 0.3) is 0 Å². The number of carbonyl (C=O) groups is 3. The van der Waals surface area contributed by atoms with Gasteiger partial charge in [0.2, 0.25) is 0 Å². The quantitative estimate of drug-likeness (QED) is 0.0261. The molecule has 492 valence electrons. The molecule has 0 aromatic rings. The average molecular weight is 1170 g/mol. The SMILES string of the molecule is CCCCCCCCCC/C=C\CCCCCCCCCCCCCCCCCCCCCC(=O)OCC(COC(=O)CCCCCCCCCCCCCCCCCC)OC(=O)CCCCCCCCCCCCCCCCCCCC. The fraction of sp³-hybridized carbons (Fsp3) is 0.935. The van der Waals surface area contributed by atoms with Crippen molar-refractivity contribution in [3.05, 3.63) is 12.2 Å². The molecule has 0 saturated carbocycles. The first-order chi connectivity index (χ1) is 41.0. The van der Waals surface area contributed by atoms with Crippen LogP contribution in [0.4, 0.5) is 0 Å². The summed E-state index contributed by atoms with van der Waals surface area (Å²) >= 11 is 0. The molecule has 0 aliphatic heterocycles. The van der Waals surface area contributed by atoms with Crippen molar-refractivity contribution in [2.45, 2.75) is 451 Å². The fourth-order valence-corrected chi connectivity index (χ4v) is 12.0. The van der Waals surface area contributed by atoms with Crippen molar-refractivity contribution in [1.29, 1.82) is 0 Å². The van der Waals surface area contributed by atoms with Crippen LogP contribution >= 0.6 is 0 Å². The summed E-state index contributed by atoms with van der Waals surface area (Å²) in [6.07, 6.45) is 88.4.